The van der Waals surface area contributed by atoms with E-state index >= 15 is 0 Å². The van der Waals surface area contributed by atoms with Gasteiger partial charge < -0.3 is 9.67 Å². The first kappa shape index (κ1) is 22.3. The van der Waals surface area contributed by atoms with E-state index in [4.69, 9.17) is 0 Å². The molecule has 1 aromatic carbocycles. The van der Waals surface area contributed by atoms with Gasteiger partial charge in [-0.3, -0.25) is 9.48 Å². The van der Waals surface area contributed by atoms with Crippen molar-refractivity contribution >= 4 is 9.84 Å². The molecule has 1 aliphatic heterocycles. The average Bonchev–Trinajstić information content (AvgIpc) is 3.26. The number of hydrogen-bond donors (Lipinski definition) is 1. The molecule has 0 saturated carbocycles. The van der Waals surface area contributed by atoms with Crippen LogP contribution in [0.15, 0.2) is 76.6 Å². The number of sulfone groups is 1. The summed E-state index contributed by atoms with van der Waals surface area (Å²) >= 11 is 0. The monoisotopic (exact) mass is 482 g/mol. The van der Waals surface area contributed by atoms with Crippen LogP contribution in [-0.2, 0) is 16.4 Å². The number of hydrogen-bond acceptors (Lipinski definition) is 6. The van der Waals surface area contributed by atoms with Crippen molar-refractivity contribution in [3.63, 3.8) is 0 Å². The fraction of sp³-hybridized carbons (Fsp3) is 0.292. The minimum Gasteiger partial charge on any atom is -0.503 e. The third-order valence-electron chi connectivity index (χ3n) is 6.71. The molecule has 5 rings (SSSR count). The number of nitrogens with zero attached hydrogens (tertiary/aromatic N) is 4. The summed E-state index contributed by atoms with van der Waals surface area (Å²) in [6.07, 6.45) is 10.6. The SMILES string of the molecule is CC1([C@@H](c2cccc(S(C)(=O)=O)c2)[C@H]2Cn3ccnc3-c3c(O)c(=O)cnn32)C=CC(F)=CC1. The molecule has 0 fully saturated rings. The number of imidazole rings is 1. The van der Waals surface area contributed by atoms with E-state index in [0.717, 1.165) is 18.0 Å². The molecule has 3 aromatic rings. The highest BCUT2D eigenvalue weighted by atomic mass is 32.2. The molecule has 10 heteroatoms. The molecule has 3 heterocycles. The summed E-state index contributed by atoms with van der Waals surface area (Å²) in [6, 6.07) is 6.27. The summed E-state index contributed by atoms with van der Waals surface area (Å²) in [7, 11) is -3.47. The smallest absolute Gasteiger partial charge is 0.242 e. The molecule has 0 amide bonds. The van der Waals surface area contributed by atoms with Gasteiger partial charge in [-0.25, -0.2) is 17.8 Å². The molecule has 1 aliphatic carbocycles. The molecule has 34 heavy (non-hydrogen) atoms. The molecule has 2 aromatic heterocycles. The van der Waals surface area contributed by atoms with Crippen LogP contribution in [0.1, 0.15) is 30.9 Å². The van der Waals surface area contributed by atoms with Crippen LogP contribution >= 0.6 is 0 Å². The van der Waals surface area contributed by atoms with Gasteiger partial charge in [-0.1, -0.05) is 25.1 Å². The van der Waals surface area contributed by atoms with Gasteiger partial charge in [0.05, 0.1) is 17.1 Å². The molecule has 1 N–H and O–H groups in total. The van der Waals surface area contributed by atoms with Crippen LogP contribution in [0, 0.1) is 5.41 Å². The Kier molecular flexibility index (Phi) is 5.09. The summed E-state index contributed by atoms with van der Waals surface area (Å²) in [4.78, 5) is 16.7. The Balaban J connectivity index is 1.76. The van der Waals surface area contributed by atoms with Gasteiger partial charge in [0.2, 0.25) is 5.43 Å². The van der Waals surface area contributed by atoms with Crippen molar-refractivity contribution in [2.24, 2.45) is 5.41 Å². The second-order valence-electron chi connectivity index (χ2n) is 9.08. The third kappa shape index (κ3) is 3.58. The number of aromatic hydroxyl groups is 1. The summed E-state index contributed by atoms with van der Waals surface area (Å²) < 4.78 is 42.0. The maximum Gasteiger partial charge on any atom is 0.242 e. The minimum atomic E-state index is -3.47. The second-order valence-corrected chi connectivity index (χ2v) is 11.1. The molecule has 0 spiro atoms. The zero-order valence-electron chi connectivity index (χ0n) is 18.6. The Morgan fingerprint density at radius 1 is 1.32 bits per heavy atom. The Bertz CT molecular complexity index is 1520. The van der Waals surface area contributed by atoms with Crippen molar-refractivity contribution in [2.45, 2.75) is 36.7 Å². The van der Waals surface area contributed by atoms with Crippen molar-refractivity contribution in [2.75, 3.05) is 6.26 Å². The largest absolute Gasteiger partial charge is 0.503 e. The summed E-state index contributed by atoms with van der Waals surface area (Å²) in [5.74, 6) is -0.760. The zero-order valence-corrected chi connectivity index (χ0v) is 19.4. The first-order valence-electron chi connectivity index (χ1n) is 10.8. The molecular formula is C24H23FN4O4S. The number of allylic oxidation sites excluding steroid dienone is 4. The highest BCUT2D eigenvalue weighted by molar-refractivity contribution is 7.90. The van der Waals surface area contributed by atoms with Gasteiger partial charge in [0, 0.05) is 31.1 Å². The molecule has 0 bridgehead atoms. The van der Waals surface area contributed by atoms with Crippen molar-refractivity contribution in [3.8, 4) is 17.3 Å². The van der Waals surface area contributed by atoms with E-state index in [1.54, 1.807) is 35.3 Å². The molecule has 0 saturated heterocycles. The van der Waals surface area contributed by atoms with Crippen LogP contribution in [0.4, 0.5) is 4.39 Å². The van der Waals surface area contributed by atoms with E-state index in [-0.39, 0.29) is 16.4 Å². The number of rotatable bonds is 4. The lowest BCUT2D eigenvalue weighted by atomic mass is 9.66. The van der Waals surface area contributed by atoms with Crippen LogP contribution in [0.5, 0.6) is 5.75 Å². The van der Waals surface area contributed by atoms with E-state index in [1.807, 2.05) is 17.6 Å². The minimum absolute atomic E-state index is 0.176. The number of fused-ring (bicyclic) bond motifs is 3. The zero-order chi connectivity index (χ0) is 24.3. The maximum absolute atomic E-state index is 13.9. The fourth-order valence-electron chi connectivity index (χ4n) is 5.05. The van der Waals surface area contributed by atoms with Crippen molar-refractivity contribution < 1.29 is 17.9 Å². The molecule has 0 radical (unpaired) electrons. The number of benzene rings is 1. The highest BCUT2D eigenvalue weighted by Crippen LogP contribution is 2.51. The normalized spacial score (nSPS) is 22.6. The second kappa shape index (κ2) is 7.76. The first-order chi connectivity index (χ1) is 16.1. The Morgan fingerprint density at radius 3 is 2.82 bits per heavy atom. The summed E-state index contributed by atoms with van der Waals surface area (Å²) in [6.45, 7) is 2.39. The Hall–Kier alpha value is -3.53. The lowest BCUT2D eigenvalue weighted by Gasteiger charge is -2.43. The lowest BCUT2D eigenvalue weighted by Crippen LogP contribution is -2.38. The predicted molar refractivity (Wildman–Crippen MR) is 124 cm³/mol. The van der Waals surface area contributed by atoms with E-state index in [1.165, 1.54) is 18.2 Å². The maximum atomic E-state index is 13.9. The van der Waals surface area contributed by atoms with Gasteiger partial charge in [-0.2, -0.15) is 5.10 Å². The third-order valence-corrected chi connectivity index (χ3v) is 7.82. The van der Waals surface area contributed by atoms with Crippen LogP contribution in [-0.4, -0.2) is 39.1 Å². The van der Waals surface area contributed by atoms with Crippen LogP contribution in [0.2, 0.25) is 0 Å². The molecular weight excluding hydrogens is 459 g/mol. The van der Waals surface area contributed by atoms with Crippen molar-refractivity contribution in [1.82, 2.24) is 19.3 Å². The average molecular weight is 483 g/mol. The van der Waals surface area contributed by atoms with E-state index < -0.39 is 38.4 Å². The van der Waals surface area contributed by atoms with Crippen molar-refractivity contribution in [1.29, 1.82) is 0 Å². The lowest BCUT2D eigenvalue weighted by molar-refractivity contribution is 0.204. The number of aromatic nitrogens is 4. The Labute approximate surface area is 195 Å². The first-order valence-corrected chi connectivity index (χ1v) is 12.6. The molecule has 1 unspecified atom stereocenters. The highest BCUT2D eigenvalue weighted by Gasteiger charge is 2.44. The van der Waals surface area contributed by atoms with Gasteiger partial charge in [-0.05, 0) is 41.7 Å². The molecule has 2 aliphatic rings. The number of halogens is 1. The topological polar surface area (TPSA) is 107 Å². The summed E-state index contributed by atoms with van der Waals surface area (Å²) in [5, 5.41) is 15.0. The van der Waals surface area contributed by atoms with E-state index in [2.05, 4.69) is 10.1 Å². The standard InChI is InChI=1S/C24H23FN4O4S/c1-24(8-6-16(25)7-9-24)20(15-4-3-5-17(12-15)34(2,32)33)18-14-28-11-10-26-23(28)21-22(31)19(30)13-27-29(18)21/h3-8,10-13,18,20,31H,9,14H2,1-2H3/t18-,20+,24?/m1/s1. The molecule has 8 nitrogen and oxygen atoms in total. The van der Waals surface area contributed by atoms with Gasteiger partial charge in [0.1, 0.15) is 11.5 Å². The van der Waals surface area contributed by atoms with Gasteiger partial charge in [0.25, 0.3) is 0 Å². The van der Waals surface area contributed by atoms with E-state index in [0.29, 0.717) is 18.8 Å². The molecule has 3 atom stereocenters. The van der Waals surface area contributed by atoms with Crippen LogP contribution in [0.25, 0.3) is 11.5 Å². The summed E-state index contributed by atoms with van der Waals surface area (Å²) in [5.41, 5.74) is -0.314. The molecule has 176 valence electrons. The predicted octanol–water partition coefficient (Wildman–Crippen LogP) is 3.37. The van der Waals surface area contributed by atoms with E-state index in [9.17, 15) is 22.7 Å². The van der Waals surface area contributed by atoms with Crippen LogP contribution in [0.3, 0.4) is 0 Å². The quantitative estimate of drug-likeness (QED) is 0.611. The Morgan fingerprint density at radius 2 is 2.12 bits per heavy atom. The fourth-order valence-corrected chi connectivity index (χ4v) is 5.73. The van der Waals surface area contributed by atoms with Gasteiger partial charge >= 0.3 is 0 Å². The van der Waals surface area contributed by atoms with Crippen LogP contribution < -0.4 is 5.43 Å². The van der Waals surface area contributed by atoms with Crippen molar-refractivity contribution in [3.05, 3.63) is 82.7 Å². The van der Waals surface area contributed by atoms with Gasteiger partial charge in [0.15, 0.2) is 21.4 Å². The van der Waals surface area contributed by atoms with Gasteiger partial charge in [-0.15, -0.1) is 0 Å².